The van der Waals surface area contributed by atoms with Gasteiger partial charge < -0.3 is 9.47 Å². The van der Waals surface area contributed by atoms with Crippen LogP contribution in [0, 0.1) is 10.8 Å². The van der Waals surface area contributed by atoms with E-state index < -0.39 is 12.2 Å². The maximum absolute atomic E-state index is 13.2. The van der Waals surface area contributed by atoms with Crippen molar-refractivity contribution in [3.8, 4) is 11.5 Å². The van der Waals surface area contributed by atoms with Crippen LogP contribution in [0.2, 0.25) is 0 Å². The Balaban J connectivity index is 1.28. The minimum atomic E-state index is -0.516. The molecule has 2 unspecified atom stereocenters. The molecular weight excluding hydrogens is 693 g/mol. The molecule has 2 aromatic rings. The summed E-state index contributed by atoms with van der Waals surface area (Å²) in [7, 11) is 0. The van der Waals surface area contributed by atoms with Crippen LogP contribution >= 0.6 is 0 Å². The molecule has 6 nitrogen and oxygen atoms in total. The molecule has 0 fully saturated rings. The molecule has 2 atom stereocenters. The minimum absolute atomic E-state index is 0.0237. The normalized spacial score (nSPS) is 21.5. The molecule has 4 rings (SSSR count). The molecule has 0 radical (unpaired) electrons. The number of aromatic nitrogens is 2. The number of nitrogens with zero attached hydrogens (tertiary/aromatic N) is 2. The highest BCUT2D eigenvalue weighted by Crippen LogP contribution is 2.42. The lowest BCUT2D eigenvalue weighted by molar-refractivity contribution is -0.124. The standard InChI is InChI=1S/C50H58N2O4/c1-35(19-13-21-37(3)25-27-43-39(5)47(53)45(31-49(43,7)8)55-41-23-15-29-51-33-41)17-11-12-18-36(2)20-14-22-38(4)26-28-44-40(6)48(54)46(32-50(44,9)10)56-42-24-16-30-52-34-42/h11-30,33-34,45-46H,31-32H2,1-10H3. The van der Waals surface area contributed by atoms with Gasteiger partial charge in [0.1, 0.15) is 11.5 Å². The number of allylic oxidation sites excluding steroid dienone is 20. The van der Waals surface area contributed by atoms with Gasteiger partial charge in [-0.3, -0.25) is 19.6 Å². The summed E-state index contributed by atoms with van der Waals surface area (Å²) < 4.78 is 12.0. The maximum Gasteiger partial charge on any atom is 0.199 e. The minimum Gasteiger partial charge on any atom is -0.481 e. The van der Waals surface area contributed by atoms with Gasteiger partial charge in [0.2, 0.25) is 0 Å². The molecule has 292 valence electrons. The Morgan fingerprint density at radius 3 is 1.30 bits per heavy atom. The fourth-order valence-electron chi connectivity index (χ4n) is 6.92. The zero-order chi connectivity index (χ0) is 40.9. The van der Waals surface area contributed by atoms with Crippen molar-refractivity contribution in [2.45, 2.75) is 94.3 Å². The van der Waals surface area contributed by atoms with Gasteiger partial charge in [-0.25, -0.2) is 0 Å². The van der Waals surface area contributed by atoms with E-state index >= 15 is 0 Å². The first-order valence-corrected chi connectivity index (χ1v) is 19.3. The van der Waals surface area contributed by atoms with Gasteiger partial charge in [-0.15, -0.1) is 0 Å². The number of carbonyl (C=O) groups excluding carboxylic acids is 2. The monoisotopic (exact) mass is 750 g/mol. The van der Waals surface area contributed by atoms with Crippen molar-refractivity contribution in [1.82, 2.24) is 9.97 Å². The molecule has 0 N–H and O–H groups in total. The summed E-state index contributed by atoms with van der Waals surface area (Å²) in [6, 6.07) is 7.28. The van der Waals surface area contributed by atoms with Gasteiger partial charge in [-0.05, 0) is 98.9 Å². The molecule has 0 aliphatic heterocycles. The van der Waals surface area contributed by atoms with Crippen LogP contribution in [0.5, 0.6) is 11.5 Å². The van der Waals surface area contributed by atoms with Gasteiger partial charge in [0.05, 0.1) is 12.4 Å². The van der Waals surface area contributed by atoms with Gasteiger partial charge in [-0.1, -0.05) is 135 Å². The number of pyridine rings is 2. The van der Waals surface area contributed by atoms with E-state index in [2.05, 4.69) is 126 Å². The highest BCUT2D eigenvalue weighted by Gasteiger charge is 2.40. The van der Waals surface area contributed by atoms with E-state index in [1.165, 1.54) is 0 Å². The molecule has 2 heterocycles. The summed E-state index contributed by atoms with van der Waals surface area (Å²) >= 11 is 0. The van der Waals surface area contributed by atoms with Crippen LogP contribution in [-0.2, 0) is 9.59 Å². The summed E-state index contributed by atoms with van der Waals surface area (Å²) in [5.41, 5.74) is 7.59. The predicted octanol–water partition coefficient (Wildman–Crippen LogP) is 11.9. The predicted molar refractivity (Wildman–Crippen MR) is 230 cm³/mol. The van der Waals surface area contributed by atoms with E-state index in [9.17, 15) is 9.59 Å². The fraction of sp³-hybridized carbons (Fsp3) is 0.320. The summed E-state index contributed by atoms with van der Waals surface area (Å²) in [5.74, 6) is 1.27. The molecule has 0 aromatic carbocycles. The first-order chi connectivity index (χ1) is 26.6. The molecule has 0 amide bonds. The summed E-state index contributed by atoms with van der Waals surface area (Å²) in [6.45, 7) is 20.7. The molecule has 2 aliphatic carbocycles. The van der Waals surface area contributed by atoms with Crippen LogP contribution in [0.25, 0.3) is 0 Å². The van der Waals surface area contributed by atoms with Crippen molar-refractivity contribution in [3.63, 3.8) is 0 Å². The second kappa shape index (κ2) is 19.8. The quantitative estimate of drug-likeness (QED) is 0.179. The van der Waals surface area contributed by atoms with Crippen LogP contribution in [0.15, 0.2) is 179 Å². The zero-order valence-corrected chi connectivity index (χ0v) is 34.8. The van der Waals surface area contributed by atoms with Crippen molar-refractivity contribution in [1.29, 1.82) is 0 Å². The highest BCUT2D eigenvalue weighted by molar-refractivity contribution is 6.01. The third kappa shape index (κ3) is 12.5. The van der Waals surface area contributed by atoms with Gasteiger partial charge in [0, 0.05) is 25.2 Å². The first kappa shape index (κ1) is 43.1. The molecule has 2 aromatic heterocycles. The Morgan fingerprint density at radius 1 is 0.589 bits per heavy atom. The SMILES string of the molecule is CC(C=CC=C(C)C=CC1=C(C)C(=O)C(Oc2cccnc2)CC1(C)C)=CC=CC=C(C)C=CC=C(C)C=CC1=C(C)C(=O)C(Oc2cccnc2)CC1(C)C. The number of rotatable bonds is 14. The van der Waals surface area contributed by atoms with Gasteiger partial charge in [0.25, 0.3) is 0 Å². The summed E-state index contributed by atoms with van der Waals surface area (Å²) in [5, 5.41) is 0. The Kier molecular flexibility index (Phi) is 15.3. The lowest BCUT2D eigenvalue weighted by Crippen LogP contribution is -2.39. The second-order valence-corrected chi connectivity index (χ2v) is 16.0. The van der Waals surface area contributed by atoms with Crippen LogP contribution in [0.1, 0.15) is 82.1 Å². The van der Waals surface area contributed by atoms with Crippen LogP contribution in [0.4, 0.5) is 0 Å². The molecule has 0 bridgehead atoms. The zero-order valence-electron chi connectivity index (χ0n) is 34.8. The van der Waals surface area contributed by atoms with Crippen LogP contribution in [0.3, 0.4) is 0 Å². The van der Waals surface area contributed by atoms with Crippen molar-refractivity contribution in [2.75, 3.05) is 0 Å². The molecule has 6 heteroatoms. The molecule has 0 spiro atoms. The van der Waals surface area contributed by atoms with E-state index in [1.54, 1.807) is 24.8 Å². The first-order valence-electron chi connectivity index (χ1n) is 19.3. The fourth-order valence-corrected chi connectivity index (χ4v) is 6.92. The van der Waals surface area contributed by atoms with Crippen molar-refractivity contribution < 1.29 is 19.1 Å². The molecule has 2 aliphatic rings. The number of ether oxygens (including phenoxy) is 2. The van der Waals surface area contributed by atoms with Crippen LogP contribution in [-0.4, -0.2) is 33.7 Å². The number of hydrogen-bond acceptors (Lipinski definition) is 6. The Morgan fingerprint density at radius 2 is 0.946 bits per heavy atom. The third-order valence-corrected chi connectivity index (χ3v) is 10.1. The number of carbonyl (C=O) groups is 2. The third-order valence-electron chi connectivity index (χ3n) is 10.1. The lowest BCUT2D eigenvalue weighted by atomic mass is 9.71. The topological polar surface area (TPSA) is 78.4 Å². The van der Waals surface area contributed by atoms with Gasteiger partial charge in [-0.2, -0.15) is 0 Å². The summed E-state index contributed by atoms with van der Waals surface area (Å²) in [4.78, 5) is 34.6. The van der Waals surface area contributed by atoms with Crippen LogP contribution < -0.4 is 9.47 Å². The second-order valence-electron chi connectivity index (χ2n) is 16.0. The van der Waals surface area contributed by atoms with E-state index in [0.29, 0.717) is 24.3 Å². The molecular formula is C50H58N2O4. The summed E-state index contributed by atoms with van der Waals surface area (Å²) in [6.07, 6.45) is 35.7. The Bertz CT molecular complexity index is 1930. The molecule has 56 heavy (non-hydrogen) atoms. The Hall–Kier alpha value is -5.62. The van der Waals surface area contributed by atoms with Gasteiger partial charge >= 0.3 is 0 Å². The molecule has 0 saturated carbocycles. The number of ketones is 2. The number of Topliss-reactive ketones (excluding diaryl/α,β-unsaturated/α-hetero) is 2. The maximum atomic E-state index is 13.2. The smallest absolute Gasteiger partial charge is 0.199 e. The van der Waals surface area contributed by atoms with Crippen molar-refractivity contribution >= 4 is 11.6 Å². The lowest BCUT2D eigenvalue weighted by Gasteiger charge is -2.36. The average molecular weight is 751 g/mol. The average Bonchev–Trinajstić information content (AvgIpc) is 3.15. The van der Waals surface area contributed by atoms with Gasteiger partial charge in [0.15, 0.2) is 23.8 Å². The van der Waals surface area contributed by atoms with Crippen molar-refractivity contribution in [3.05, 3.63) is 179 Å². The van der Waals surface area contributed by atoms with E-state index in [0.717, 1.165) is 44.6 Å². The largest absolute Gasteiger partial charge is 0.481 e. The van der Waals surface area contributed by atoms with E-state index in [4.69, 9.17) is 9.47 Å². The van der Waals surface area contributed by atoms with E-state index in [-0.39, 0.29) is 22.4 Å². The molecule has 0 saturated heterocycles. The number of hydrogen-bond donors (Lipinski definition) is 0. The van der Waals surface area contributed by atoms with E-state index in [1.807, 2.05) is 62.4 Å². The highest BCUT2D eigenvalue weighted by atomic mass is 16.5. The Labute approximate surface area is 334 Å². The van der Waals surface area contributed by atoms with Crippen molar-refractivity contribution in [2.24, 2.45) is 10.8 Å².